The molecule has 0 saturated heterocycles. The first-order chi connectivity index (χ1) is 8.18. The van der Waals surface area contributed by atoms with Gasteiger partial charge in [-0.05, 0) is 18.0 Å². The Morgan fingerprint density at radius 1 is 1.18 bits per heavy atom. The summed E-state index contributed by atoms with van der Waals surface area (Å²) in [5, 5.41) is 13.0. The average molecular weight is 253 g/mol. The summed E-state index contributed by atoms with van der Waals surface area (Å²) in [5.41, 5.74) is 1.32. The summed E-state index contributed by atoms with van der Waals surface area (Å²) in [5.74, 6) is 2.40. The molecule has 0 aliphatic heterocycles. The van der Waals surface area contributed by atoms with E-state index in [-0.39, 0.29) is 6.10 Å². The Morgan fingerprint density at radius 3 is 2.53 bits per heavy atom. The summed E-state index contributed by atoms with van der Waals surface area (Å²) in [4.78, 5) is 0. The molecule has 0 heterocycles. The predicted molar refractivity (Wildman–Crippen MR) is 76.3 cm³/mol. The van der Waals surface area contributed by atoms with Crippen molar-refractivity contribution in [2.45, 2.75) is 25.7 Å². The van der Waals surface area contributed by atoms with E-state index in [0.29, 0.717) is 12.5 Å². The maximum absolute atomic E-state index is 9.76. The summed E-state index contributed by atoms with van der Waals surface area (Å²) in [6.07, 6.45) is -0.248. The van der Waals surface area contributed by atoms with Crippen LogP contribution in [0.2, 0.25) is 0 Å². The van der Waals surface area contributed by atoms with Crippen LogP contribution in [0, 0.1) is 5.92 Å². The second-order valence-electron chi connectivity index (χ2n) is 4.71. The Bertz CT molecular complexity index is 290. The third kappa shape index (κ3) is 7.42. The van der Waals surface area contributed by atoms with Crippen LogP contribution in [0.4, 0.5) is 0 Å². The third-order valence-corrected chi connectivity index (χ3v) is 3.51. The van der Waals surface area contributed by atoms with Gasteiger partial charge in [0.1, 0.15) is 0 Å². The molecule has 0 spiro atoms. The Hall–Kier alpha value is -0.510. The van der Waals surface area contributed by atoms with Gasteiger partial charge in [-0.25, -0.2) is 0 Å². The van der Waals surface area contributed by atoms with Crippen molar-refractivity contribution in [2.24, 2.45) is 5.92 Å². The number of aliphatic hydroxyl groups excluding tert-OH is 1. The Balaban J connectivity index is 2.06. The van der Waals surface area contributed by atoms with Gasteiger partial charge in [0.15, 0.2) is 0 Å². The molecule has 0 bridgehead atoms. The second kappa shape index (κ2) is 8.56. The standard InChI is InChI=1S/C14H23NOS/c1-12(2)8-15-9-14(16)11-17-10-13-6-4-3-5-7-13/h3-7,12,14-16H,8-11H2,1-2H3. The molecule has 0 aliphatic rings. The molecule has 2 N–H and O–H groups in total. The van der Waals surface area contributed by atoms with Crippen LogP contribution in [-0.2, 0) is 5.75 Å². The van der Waals surface area contributed by atoms with Crippen molar-refractivity contribution < 1.29 is 5.11 Å². The van der Waals surface area contributed by atoms with Crippen molar-refractivity contribution in [1.29, 1.82) is 0 Å². The average Bonchev–Trinajstić information content (AvgIpc) is 2.30. The van der Waals surface area contributed by atoms with E-state index >= 15 is 0 Å². The van der Waals surface area contributed by atoms with E-state index in [0.717, 1.165) is 18.1 Å². The highest BCUT2D eigenvalue weighted by molar-refractivity contribution is 7.98. The number of hydrogen-bond donors (Lipinski definition) is 2. The van der Waals surface area contributed by atoms with Crippen molar-refractivity contribution in [1.82, 2.24) is 5.32 Å². The summed E-state index contributed by atoms with van der Waals surface area (Å²) < 4.78 is 0. The van der Waals surface area contributed by atoms with Gasteiger partial charge in [0.25, 0.3) is 0 Å². The van der Waals surface area contributed by atoms with Crippen LogP contribution in [0.15, 0.2) is 30.3 Å². The minimum absolute atomic E-state index is 0.248. The molecular weight excluding hydrogens is 230 g/mol. The number of thioether (sulfide) groups is 1. The molecule has 2 nitrogen and oxygen atoms in total. The molecule has 1 rings (SSSR count). The highest BCUT2D eigenvalue weighted by Gasteiger charge is 2.04. The van der Waals surface area contributed by atoms with Crippen LogP contribution in [0.1, 0.15) is 19.4 Å². The van der Waals surface area contributed by atoms with Gasteiger partial charge < -0.3 is 10.4 Å². The zero-order valence-corrected chi connectivity index (χ0v) is 11.5. The fourth-order valence-corrected chi connectivity index (χ4v) is 2.42. The molecule has 1 aromatic rings. The van der Waals surface area contributed by atoms with Gasteiger partial charge in [-0.15, -0.1) is 0 Å². The van der Waals surface area contributed by atoms with Crippen LogP contribution in [-0.4, -0.2) is 30.1 Å². The second-order valence-corrected chi connectivity index (χ2v) is 5.74. The molecule has 96 valence electrons. The summed E-state index contributed by atoms with van der Waals surface area (Å²) in [6.45, 7) is 6.01. The normalized spacial score (nSPS) is 12.9. The zero-order valence-electron chi connectivity index (χ0n) is 10.7. The van der Waals surface area contributed by atoms with Crippen LogP contribution >= 0.6 is 11.8 Å². The maximum Gasteiger partial charge on any atom is 0.0754 e. The summed E-state index contributed by atoms with van der Waals surface area (Å²) >= 11 is 1.78. The minimum Gasteiger partial charge on any atom is -0.391 e. The Labute approximate surface area is 109 Å². The van der Waals surface area contributed by atoms with Gasteiger partial charge in [0.2, 0.25) is 0 Å². The first-order valence-corrected chi connectivity index (χ1v) is 7.34. The summed E-state index contributed by atoms with van der Waals surface area (Å²) in [6, 6.07) is 10.4. The van der Waals surface area contributed by atoms with Crippen molar-refractivity contribution in [3.8, 4) is 0 Å². The SMILES string of the molecule is CC(C)CNCC(O)CSCc1ccccc1. The predicted octanol–water partition coefficient (Wildman–Crippen LogP) is 2.53. The molecule has 1 unspecified atom stereocenters. The van der Waals surface area contributed by atoms with E-state index < -0.39 is 0 Å². The smallest absolute Gasteiger partial charge is 0.0754 e. The molecule has 0 aromatic heterocycles. The number of hydrogen-bond acceptors (Lipinski definition) is 3. The first-order valence-electron chi connectivity index (χ1n) is 6.19. The Kier molecular flexibility index (Phi) is 7.33. The van der Waals surface area contributed by atoms with E-state index in [1.165, 1.54) is 5.56 Å². The van der Waals surface area contributed by atoms with Crippen molar-refractivity contribution in [3.63, 3.8) is 0 Å². The van der Waals surface area contributed by atoms with Crippen molar-refractivity contribution in [2.75, 3.05) is 18.8 Å². The van der Waals surface area contributed by atoms with Gasteiger partial charge in [0.05, 0.1) is 6.10 Å². The lowest BCUT2D eigenvalue weighted by Gasteiger charge is -2.12. The number of nitrogens with one attached hydrogen (secondary N) is 1. The molecular formula is C14H23NOS. The quantitative estimate of drug-likeness (QED) is 0.747. The van der Waals surface area contributed by atoms with Crippen molar-refractivity contribution >= 4 is 11.8 Å². The number of rotatable bonds is 8. The molecule has 1 atom stereocenters. The van der Waals surface area contributed by atoms with Crippen molar-refractivity contribution in [3.05, 3.63) is 35.9 Å². The lowest BCUT2D eigenvalue weighted by Crippen LogP contribution is -2.31. The van der Waals surface area contributed by atoms with Crippen LogP contribution in [0.3, 0.4) is 0 Å². The molecule has 0 fully saturated rings. The van der Waals surface area contributed by atoms with Crippen LogP contribution in [0.25, 0.3) is 0 Å². The topological polar surface area (TPSA) is 32.3 Å². The van der Waals surface area contributed by atoms with Gasteiger partial charge in [-0.2, -0.15) is 11.8 Å². The minimum atomic E-state index is -0.248. The summed E-state index contributed by atoms with van der Waals surface area (Å²) in [7, 11) is 0. The molecule has 3 heteroatoms. The van der Waals surface area contributed by atoms with E-state index in [2.05, 4.69) is 43.4 Å². The van der Waals surface area contributed by atoms with Gasteiger partial charge in [0, 0.05) is 18.1 Å². The largest absolute Gasteiger partial charge is 0.391 e. The van der Waals surface area contributed by atoms with E-state index in [1.54, 1.807) is 11.8 Å². The van der Waals surface area contributed by atoms with Crippen LogP contribution < -0.4 is 5.32 Å². The third-order valence-electron chi connectivity index (χ3n) is 2.35. The molecule has 0 amide bonds. The first kappa shape index (κ1) is 14.6. The molecule has 0 radical (unpaired) electrons. The van der Waals surface area contributed by atoms with Crippen LogP contribution in [0.5, 0.6) is 0 Å². The fourth-order valence-electron chi connectivity index (χ4n) is 1.48. The van der Waals surface area contributed by atoms with Gasteiger partial charge in [-0.1, -0.05) is 44.2 Å². The Morgan fingerprint density at radius 2 is 1.88 bits per heavy atom. The van der Waals surface area contributed by atoms with Gasteiger partial charge >= 0.3 is 0 Å². The lowest BCUT2D eigenvalue weighted by molar-refractivity contribution is 0.194. The van der Waals surface area contributed by atoms with Gasteiger partial charge in [-0.3, -0.25) is 0 Å². The maximum atomic E-state index is 9.76. The molecule has 17 heavy (non-hydrogen) atoms. The zero-order chi connectivity index (χ0) is 12.5. The van der Waals surface area contributed by atoms with E-state index in [4.69, 9.17) is 0 Å². The highest BCUT2D eigenvalue weighted by atomic mass is 32.2. The monoisotopic (exact) mass is 253 g/mol. The van der Waals surface area contributed by atoms with E-state index in [9.17, 15) is 5.11 Å². The highest BCUT2D eigenvalue weighted by Crippen LogP contribution is 2.12. The molecule has 1 aromatic carbocycles. The van der Waals surface area contributed by atoms with E-state index in [1.807, 2.05) is 6.07 Å². The molecule has 0 saturated carbocycles. The number of aliphatic hydroxyl groups is 1. The lowest BCUT2D eigenvalue weighted by atomic mass is 10.2. The number of benzene rings is 1. The fraction of sp³-hybridized carbons (Fsp3) is 0.571. The molecule has 0 aliphatic carbocycles.